The lowest BCUT2D eigenvalue weighted by molar-refractivity contribution is 0.0416. The van der Waals surface area contributed by atoms with Gasteiger partial charge in [-0.3, -0.25) is 0 Å². The molecule has 0 aromatic heterocycles. The first-order valence-electron chi connectivity index (χ1n) is 5.22. The fourth-order valence-corrected chi connectivity index (χ4v) is 1.39. The average Bonchev–Trinajstić information content (AvgIpc) is 2.29. The quantitative estimate of drug-likeness (QED) is 0.642. The molecule has 1 aromatic rings. The summed E-state index contributed by atoms with van der Waals surface area (Å²) in [5.74, 6) is -1.77. The van der Waals surface area contributed by atoms with Gasteiger partial charge in [0.15, 0.2) is 0 Å². The molecule has 0 saturated carbocycles. The van der Waals surface area contributed by atoms with Crippen LogP contribution in [0.3, 0.4) is 0 Å². The molecular formula is C13H14O4. The normalized spacial score (nSPS) is 12.4. The lowest BCUT2D eigenvalue weighted by atomic mass is 10.1. The van der Waals surface area contributed by atoms with E-state index in [1.807, 2.05) is 6.92 Å². The van der Waals surface area contributed by atoms with E-state index in [4.69, 9.17) is 9.84 Å². The predicted octanol–water partition coefficient (Wildman–Crippen LogP) is 2.51. The Morgan fingerprint density at radius 1 is 1.29 bits per heavy atom. The molecular weight excluding hydrogens is 220 g/mol. The zero-order valence-electron chi connectivity index (χ0n) is 9.71. The molecule has 0 amide bonds. The van der Waals surface area contributed by atoms with Crippen molar-refractivity contribution < 1.29 is 19.4 Å². The van der Waals surface area contributed by atoms with Crippen LogP contribution in [0.2, 0.25) is 0 Å². The fourth-order valence-electron chi connectivity index (χ4n) is 1.39. The zero-order chi connectivity index (χ0) is 12.8. The van der Waals surface area contributed by atoms with E-state index in [1.54, 1.807) is 31.2 Å². The summed E-state index contributed by atoms with van der Waals surface area (Å²) in [6.45, 7) is 3.52. The van der Waals surface area contributed by atoms with Crippen LogP contribution in [0.1, 0.15) is 34.6 Å². The van der Waals surface area contributed by atoms with Crippen LogP contribution in [0.15, 0.2) is 36.4 Å². The summed E-state index contributed by atoms with van der Waals surface area (Å²) in [5, 5.41) is 8.93. The van der Waals surface area contributed by atoms with Gasteiger partial charge in [0.05, 0.1) is 11.1 Å². The van der Waals surface area contributed by atoms with Crippen molar-refractivity contribution in [1.29, 1.82) is 0 Å². The zero-order valence-corrected chi connectivity index (χ0v) is 9.71. The number of ether oxygens (including phenoxy) is 1. The predicted molar refractivity (Wildman–Crippen MR) is 63.1 cm³/mol. The van der Waals surface area contributed by atoms with Gasteiger partial charge < -0.3 is 9.84 Å². The van der Waals surface area contributed by atoms with Crippen molar-refractivity contribution >= 4 is 11.9 Å². The molecule has 17 heavy (non-hydrogen) atoms. The Bertz CT molecular complexity index is 448. The van der Waals surface area contributed by atoms with Gasteiger partial charge in [-0.1, -0.05) is 18.2 Å². The van der Waals surface area contributed by atoms with Gasteiger partial charge >= 0.3 is 11.9 Å². The van der Waals surface area contributed by atoms with Crippen LogP contribution in [-0.4, -0.2) is 23.1 Å². The van der Waals surface area contributed by atoms with Crippen LogP contribution >= 0.6 is 0 Å². The third kappa shape index (κ3) is 3.45. The van der Waals surface area contributed by atoms with Gasteiger partial charge in [-0.25, -0.2) is 9.59 Å². The van der Waals surface area contributed by atoms with Gasteiger partial charge in [0.1, 0.15) is 6.10 Å². The topological polar surface area (TPSA) is 63.6 Å². The Labute approximate surface area is 99.5 Å². The molecule has 1 N–H and O–H groups in total. The van der Waals surface area contributed by atoms with Crippen molar-refractivity contribution in [2.24, 2.45) is 0 Å². The minimum absolute atomic E-state index is 0.0508. The average molecular weight is 234 g/mol. The van der Waals surface area contributed by atoms with Crippen molar-refractivity contribution in [2.45, 2.75) is 20.0 Å². The maximum absolute atomic E-state index is 11.7. The van der Waals surface area contributed by atoms with Gasteiger partial charge in [0, 0.05) is 0 Å². The van der Waals surface area contributed by atoms with Crippen molar-refractivity contribution in [3.05, 3.63) is 47.5 Å². The largest absolute Gasteiger partial charge is 0.478 e. The molecule has 0 heterocycles. The highest BCUT2D eigenvalue weighted by Gasteiger charge is 2.17. The van der Waals surface area contributed by atoms with E-state index in [0.29, 0.717) is 0 Å². The molecule has 90 valence electrons. The first-order chi connectivity index (χ1) is 8.06. The van der Waals surface area contributed by atoms with Crippen molar-refractivity contribution in [3.8, 4) is 0 Å². The summed E-state index contributed by atoms with van der Waals surface area (Å²) in [6, 6.07) is 5.98. The molecule has 0 radical (unpaired) electrons. The van der Waals surface area contributed by atoms with Crippen molar-refractivity contribution in [3.63, 3.8) is 0 Å². The molecule has 0 spiro atoms. The van der Waals surface area contributed by atoms with Crippen LogP contribution in [0, 0.1) is 0 Å². The maximum atomic E-state index is 11.7. The summed E-state index contributed by atoms with van der Waals surface area (Å²) in [5.41, 5.74) is 0.0153. The first-order valence-corrected chi connectivity index (χ1v) is 5.22. The third-order valence-corrected chi connectivity index (χ3v) is 2.13. The second kappa shape index (κ2) is 5.84. The highest BCUT2D eigenvalue weighted by molar-refractivity contribution is 6.02. The number of benzene rings is 1. The second-order valence-corrected chi connectivity index (χ2v) is 3.49. The number of allylic oxidation sites excluding steroid dienone is 1. The number of hydrogen-bond acceptors (Lipinski definition) is 3. The number of carboxylic acid groups (broad SMARTS) is 1. The summed E-state index contributed by atoms with van der Waals surface area (Å²) < 4.78 is 5.08. The van der Waals surface area contributed by atoms with Crippen LogP contribution in [0.25, 0.3) is 0 Å². The van der Waals surface area contributed by atoms with E-state index in [1.165, 1.54) is 12.1 Å². The van der Waals surface area contributed by atoms with Crippen LogP contribution < -0.4 is 0 Å². The standard InChI is InChI=1S/C13H14O4/c1-3-6-9(2)17-13(16)11-8-5-4-7-10(11)12(14)15/h3-9H,1-2H3,(H,14,15)/b6-3+/t9-/m0/s1. The molecule has 0 fully saturated rings. The molecule has 0 aliphatic heterocycles. The van der Waals surface area contributed by atoms with Gasteiger partial charge in [-0.15, -0.1) is 0 Å². The van der Waals surface area contributed by atoms with E-state index in [0.717, 1.165) is 0 Å². The van der Waals surface area contributed by atoms with Gasteiger partial charge in [-0.2, -0.15) is 0 Å². The van der Waals surface area contributed by atoms with Crippen LogP contribution in [0.5, 0.6) is 0 Å². The summed E-state index contributed by atoms with van der Waals surface area (Å²) in [6.07, 6.45) is 3.09. The van der Waals surface area contributed by atoms with Gasteiger partial charge in [0.25, 0.3) is 0 Å². The lowest BCUT2D eigenvalue weighted by Gasteiger charge is -2.10. The summed E-state index contributed by atoms with van der Waals surface area (Å²) in [4.78, 5) is 22.7. The fraction of sp³-hybridized carbons (Fsp3) is 0.231. The SMILES string of the molecule is C/C=C/[C@H](C)OC(=O)c1ccccc1C(=O)O. The second-order valence-electron chi connectivity index (χ2n) is 3.49. The van der Waals surface area contributed by atoms with Crippen LogP contribution in [0.4, 0.5) is 0 Å². The first kappa shape index (κ1) is 13.0. The number of rotatable bonds is 4. The number of aromatic carboxylic acids is 1. The highest BCUT2D eigenvalue weighted by atomic mass is 16.5. The van der Waals surface area contributed by atoms with E-state index in [2.05, 4.69) is 0 Å². The summed E-state index contributed by atoms with van der Waals surface area (Å²) in [7, 11) is 0. The number of esters is 1. The Kier molecular flexibility index (Phi) is 4.46. The smallest absolute Gasteiger partial charge is 0.339 e. The van der Waals surface area contributed by atoms with Crippen molar-refractivity contribution in [2.75, 3.05) is 0 Å². The maximum Gasteiger partial charge on any atom is 0.339 e. The number of carbonyl (C=O) groups excluding carboxylic acids is 1. The van der Waals surface area contributed by atoms with Gasteiger partial charge in [0.2, 0.25) is 0 Å². The third-order valence-electron chi connectivity index (χ3n) is 2.13. The Hall–Kier alpha value is -2.10. The monoisotopic (exact) mass is 234 g/mol. The Morgan fingerprint density at radius 2 is 1.88 bits per heavy atom. The number of hydrogen-bond donors (Lipinski definition) is 1. The molecule has 1 aromatic carbocycles. The molecule has 0 unspecified atom stereocenters. The van der Waals surface area contributed by atoms with Crippen LogP contribution in [-0.2, 0) is 4.74 Å². The molecule has 0 aliphatic carbocycles. The number of carbonyl (C=O) groups is 2. The van der Waals surface area contributed by atoms with Gasteiger partial charge in [-0.05, 0) is 32.1 Å². The van der Waals surface area contributed by atoms with Crippen molar-refractivity contribution in [1.82, 2.24) is 0 Å². The molecule has 1 rings (SSSR count). The Balaban J connectivity index is 2.93. The van der Waals surface area contributed by atoms with E-state index >= 15 is 0 Å². The molecule has 4 heteroatoms. The van der Waals surface area contributed by atoms with E-state index in [9.17, 15) is 9.59 Å². The molecule has 4 nitrogen and oxygen atoms in total. The molecule has 0 aliphatic rings. The number of carboxylic acids is 1. The van der Waals surface area contributed by atoms with E-state index in [-0.39, 0.29) is 17.2 Å². The van der Waals surface area contributed by atoms with E-state index < -0.39 is 11.9 Å². The Morgan fingerprint density at radius 3 is 2.41 bits per heavy atom. The minimum atomic E-state index is -1.14. The molecule has 1 atom stereocenters. The molecule has 0 bridgehead atoms. The molecule has 0 saturated heterocycles. The summed E-state index contributed by atoms with van der Waals surface area (Å²) >= 11 is 0. The minimum Gasteiger partial charge on any atom is -0.478 e. The lowest BCUT2D eigenvalue weighted by Crippen LogP contribution is -2.16. The highest BCUT2D eigenvalue weighted by Crippen LogP contribution is 2.11.